The molecule has 3 rings (SSSR count). The predicted molar refractivity (Wildman–Crippen MR) is 111 cm³/mol. The molecule has 0 aliphatic rings. The van der Waals surface area contributed by atoms with Crippen molar-refractivity contribution in [1.29, 1.82) is 0 Å². The summed E-state index contributed by atoms with van der Waals surface area (Å²) in [6.07, 6.45) is 5.03. The van der Waals surface area contributed by atoms with E-state index < -0.39 is 0 Å². The molecule has 1 heterocycles. The van der Waals surface area contributed by atoms with Gasteiger partial charge in [-0.05, 0) is 48.7 Å². The first-order valence-electron chi connectivity index (χ1n) is 8.83. The summed E-state index contributed by atoms with van der Waals surface area (Å²) in [6, 6.07) is 15.4. The van der Waals surface area contributed by atoms with E-state index in [4.69, 9.17) is 11.6 Å². The molecular formula is C20H21ClN4OS. The highest BCUT2D eigenvalue weighted by atomic mass is 35.5. The minimum Gasteiger partial charge on any atom is -0.325 e. The van der Waals surface area contributed by atoms with Crippen molar-refractivity contribution in [2.45, 2.75) is 31.3 Å². The van der Waals surface area contributed by atoms with Gasteiger partial charge in [-0.2, -0.15) is 0 Å². The van der Waals surface area contributed by atoms with Gasteiger partial charge in [-0.3, -0.25) is 9.36 Å². The van der Waals surface area contributed by atoms with Crippen LogP contribution in [-0.2, 0) is 11.2 Å². The van der Waals surface area contributed by atoms with Crippen molar-refractivity contribution in [3.63, 3.8) is 0 Å². The molecule has 1 aromatic heterocycles. The number of carbonyl (C=O) groups is 1. The minimum absolute atomic E-state index is 0.0815. The van der Waals surface area contributed by atoms with E-state index in [0.717, 1.165) is 17.8 Å². The van der Waals surface area contributed by atoms with Crippen LogP contribution in [0.3, 0.4) is 0 Å². The number of anilines is 1. The molecule has 7 heteroatoms. The van der Waals surface area contributed by atoms with Crippen molar-refractivity contribution in [3.05, 3.63) is 65.4 Å². The van der Waals surface area contributed by atoms with Crippen LogP contribution in [0.25, 0.3) is 5.69 Å². The number of hydrogen-bond acceptors (Lipinski definition) is 4. The zero-order valence-electron chi connectivity index (χ0n) is 15.1. The van der Waals surface area contributed by atoms with Crippen molar-refractivity contribution in [2.24, 2.45) is 0 Å². The molecule has 1 N–H and O–H groups in total. The second-order valence-corrected chi connectivity index (χ2v) is 7.48. The van der Waals surface area contributed by atoms with E-state index in [1.165, 1.54) is 30.2 Å². The van der Waals surface area contributed by atoms with Crippen LogP contribution in [0.15, 0.2) is 60.0 Å². The minimum atomic E-state index is -0.0815. The summed E-state index contributed by atoms with van der Waals surface area (Å²) in [5.74, 6) is 0.165. The first-order valence-corrected chi connectivity index (χ1v) is 10.2. The summed E-state index contributed by atoms with van der Waals surface area (Å²) >= 11 is 7.38. The van der Waals surface area contributed by atoms with Gasteiger partial charge < -0.3 is 5.32 Å². The third-order valence-corrected chi connectivity index (χ3v) is 5.17. The number of aromatic nitrogens is 3. The van der Waals surface area contributed by atoms with E-state index in [1.807, 2.05) is 41.0 Å². The number of aryl methyl sites for hydroxylation is 1. The summed E-state index contributed by atoms with van der Waals surface area (Å²) in [4.78, 5) is 12.3. The van der Waals surface area contributed by atoms with E-state index in [0.29, 0.717) is 10.2 Å². The summed E-state index contributed by atoms with van der Waals surface area (Å²) < 4.78 is 1.81. The average molecular weight is 401 g/mol. The molecule has 3 aromatic rings. The smallest absolute Gasteiger partial charge is 0.234 e. The van der Waals surface area contributed by atoms with E-state index in [9.17, 15) is 4.79 Å². The molecule has 5 nitrogen and oxygen atoms in total. The second-order valence-electron chi connectivity index (χ2n) is 6.10. The summed E-state index contributed by atoms with van der Waals surface area (Å²) in [6.45, 7) is 2.18. The molecule has 27 heavy (non-hydrogen) atoms. The molecule has 0 aliphatic heterocycles. The number of halogens is 1. The van der Waals surface area contributed by atoms with Crippen LogP contribution >= 0.6 is 23.4 Å². The maximum absolute atomic E-state index is 12.3. The first-order chi connectivity index (χ1) is 13.2. The maximum atomic E-state index is 12.3. The van der Waals surface area contributed by atoms with E-state index >= 15 is 0 Å². The summed E-state index contributed by atoms with van der Waals surface area (Å²) in [5, 5.41) is 12.2. The molecule has 0 unspecified atom stereocenters. The Labute approximate surface area is 168 Å². The SMILES string of the molecule is CCCCc1ccc(NC(=O)CSc2nncn2-c2cccc(Cl)c2)cc1. The third kappa shape index (κ3) is 5.58. The molecule has 0 saturated carbocycles. The highest BCUT2D eigenvalue weighted by Crippen LogP contribution is 2.22. The predicted octanol–water partition coefficient (Wildman–Crippen LogP) is 4.99. The monoisotopic (exact) mass is 400 g/mol. The Morgan fingerprint density at radius 1 is 1.22 bits per heavy atom. The fourth-order valence-electron chi connectivity index (χ4n) is 2.59. The molecule has 0 atom stereocenters. The van der Waals surface area contributed by atoms with Crippen molar-refractivity contribution in [3.8, 4) is 5.69 Å². The Morgan fingerprint density at radius 2 is 2.04 bits per heavy atom. The number of carbonyl (C=O) groups excluding carboxylic acids is 1. The standard InChI is InChI=1S/C20H21ClN4OS/c1-2-3-5-15-8-10-17(11-9-15)23-19(26)13-27-20-24-22-14-25(20)18-7-4-6-16(21)12-18/h4,6-12,14H,2-3,5,13H2,1H3,(H,23,26). The number of nitrogens with zero attached hydrogens (tertiary/aromatic N) is 3. The maximum Gasteiger partial charge on any atom is 0.234 e. The Hall–Kier alpha value is -2.31. The van der Waals surface area contributed by atoms with Gasteiger partial charge >= 0.3 is 0 Å². The van der Waals surface area contributed by atoms with Gasteiger partial charge in [0.1, 0.15) is 6.33 Å². The van der Waals surface area contributed by atoms with Gasteiger partial charge in [-0.1, -0.05) is 54.9 Å². The van der Waals surface area contributed by atoms with Crippen molar-refractivity contribution in [1.82, 2.24) is 14.8 Å². The molecule has 0 saturated heterocycles. The fourth-order valence-corrected chi connectivity index (χ4v) is 3.50. The highest BCUT2D eigenvalue weighted by molar-refractivity contribution is 7.99. The molecule has 0 spiro atoms. The van der Waals surface area contributed by atoms with Gasteiger partial charge in [0, 0.05) is 10.7 Å². The van der Waals surface area contributed by atoms with Crippen molar-refractivity contribution >= 4 is 35.0 Å². The Balaban J connectivity index is 1.56. The zero-order valence-corrected chi connectivity index (χ0v) is 16.6. The van der Waals surface area contributed by atoms with Gasteiger partial charge in [0.2, 0.25) is 5.91 Å². The molecule has 0 radical (unpaired) electrons. The molecule has 2 aromatic carbocycles. The topological polar surface area (TPSA) is 59.8 Å². The number of hydrogen-bond donors (Lipinski definition) is 1. The molecule has 140 valence electrons. The van der Waals surface area contributed by atoms with E-state index in [2.05, 4.69) is 34.6 Å². The number of nitrogens with one attached hydrogen (secondary N) is 1. The van der Waals surface area contributed by atoms with Gasteiger partial charge in [-0.15, -0.1) is 10.2 Å². The lowest BCUT2D eigenvalue weighted by Gasteiger charge is -2.08. The molecule has 0 bridgehead atoms. The van der Waals surface area contributed by atoms with Crippen LogP contribution in [0.1, 0.15) is 25.3 Å². The van der Waals surface area contributed by atoms with Crippen molar-refractivity contribution < 1.29 is 4.79 Å². The van der Waals surface area contributed by atoms with Crippen LogP contribution in [-0.4, -0.2) is 26.4 Å². The number of benzene rings is 2. The second kappa shape index (κ2) is 9.58. The van der Waals surface area contributed by atoms with Crippen molar-refractivity contribution in [2.75, 3.05) is 11.1 Å². The van der Waals surface area contributed by atoms with Gasteiger partial charge in [-0.25, -0.2) is 0 Å². The number of rotatable bonds is 8. The molecule has 0 aliphatic carbocycles. The van der Waals surface area contributed by atoms with Crippen LogP contribution < -0.4 is 5.32 Å². The van der Waals surface area contributed by atoms with E-state index in [-0.39, 0.29) is 11.7 Å². The highest BCUT2D eigenvalue weighted by Gasteiger charge is 2.11. The number of amides is 1. The Morgan fingerprint density at radius 3 is 2.78 bits per heavy atom. The van der Waals surface area contributed by atoms with E-state index in [1.54, 1.807) is 6.33 Å². The van der Waals surface area contributed by atoms with Crippen LogP contribution in [0.2, 0.25) is 5.02 Å². The molecular weight excluding hydrogens is 380 g/mol. The summed E-state index contributed by atoms with van der Waals surface area (Å²) in [7, 11) is 0. The van der Waals surface area contributed by atoms with Crippen LogP contribution in [0, 0.1) is 0 Å². The largest absolute Gasteiger partial charge is 0.325 e. The zero-order chi connectivity index (χ0) is 19.1. The Bertz CT molecular complexity index is 895. The average Bonchev–Trinajstić information content (AvgIpc) is 3.14. The van der Waals surface area contributed by atoms with Gasteiger partial charge in [0.05, 0.1) is 11.4 Å². The number of unbranched alkanes of at least 4 members (excludes halogenated alkanes) is 1. The lowest BCUT2D eigenvalue weighted by Crippen LogP contribution is -2.14. The molecule has 0 fully saturated rings. The number of thioether (sulfide) groups is 1. The van der Waals surface area contributed by atoms with Gasteiger partial charge in [0.25, 0.3) is 0 Å². The van der Waals surface area contributed by atoms with Crippen LogP contribution in [0.5, 0.6) is 0 Å². The summed E-state index contributed by atoms with van der Waals surface area (Å²) in [5.41, 5.74) is 2.95. The lowest BCUT2D eigenvalue weighted by molar-refractivity contribution is -0.113. The quantitative estimate of drug-likeness (QED) is 0.541. The Kier molecular flexibility index (Phi) is 6.90. The fraction of sp³-hybridized carbons (Fsp3) is 0.250. The third-order valence-electron chi connectivity index (χ3n) is 3.99. The first kappa shape index (κ1) is 19.5. The van der Waals surface area contributed by atoms with Gasteiger partial charge in [0.15, 0.2) is 5.16 Å². The molecule has 1 amide bonds. The normalized spacial score (nSPS) is 10.7. The lowest BCUT2D eigenvalue weighted by atomic mass is 10.1. The van der Waals surface area contributed by atoms with Crippen LogP contribution in [0.4, 0.5) is 5.69 Å².